The summed E-state index contributed by atoms with van der Waals surface area (Å²) >= 11 is 3.27. The first-order valence-electron chi connectivity index (χ1n) is 6.96. The molecule has 3 N–H and O–H groups in total. The van der Waals surface area contributed by atoms with Crippen molar-refractivity contribution in [1.29, 1.82) is 0 Å². The molecule has 1 amide bonds. The van der Waals surface area contributed by atoms with E-state index < -0.39 is 0 Å². The average molecular weight is 372 g/mol. The van der Waals surface area contributed by atoms with Crippen LogP contribution >= 0.6 is 15.9 Å². The lowest BCUT2D eigenvalue weighted by molar-refractivity contribution is 0.0950. The molecule has 23 heavy (non-hydrogen) atoms. The van der Waals surface area contributed by atoms with E-state index in [0.29, 0.717) is 17.0 Å². The van der Waals surface area contributed by atoms with Gasteiger partial charge in [0.05, 0.1) is 5.71 Å². The first kappa shape index (κ1) is 15.3. The van der Waals surface area contributed by atoms with Gasteiger partial charge in [-0.15, -0.1) is 0 Å². The van der Waals surface area contributed by atoms with Crippen molar-refractivity contribution >= 4 is 38.3 Å². The van der Waals surface area contributed by atoms with Crippen molar-refractivity contribution < 1.29 is 9.90 Å². The summed E-state index contributed by atoms with van der Waals surface area (Å²) in [6, 6.07) is 12.9. The number of fused-ring (bicyclic) bond motifs is 1. The minimum atomic E-state index is -0.352. The maximum Gasteiger partial charge on any atom is 0.287 e. The van der Waals surface area contributed by atoms with Gasteiger partial charge in [0.25, 0.3) is 5.91 Å². The second-order valence-electron chi connectivity index (χ2n) is 5.05. The van der Waals surface area contributed by atoms with Gasteiger partial charge in [-0.2, -0.15) is 5.10 Å². The molecule has 0 bridgehead atoms. The highest BCUT2D eigenvalue weighted by Crippen LogP contribution is 2.28. The molecule has 2 aromatic carbocycles. The minimum Gasteiger partial charge on any atom is -0.507 e. The molecule has 5 nitrogen and oxygen atoms in total. The van der Waals surface area contributed by atoms with Gasteiger partial charge >= 0.3 is 0 Å². The van der Waals surface area contributed by atoms with Crippen molar-refractivity contribution in [2.24, 2.45) is 5.10 Å². The van der Waals surface area contributed by atoms with E-state index in [1.54, 1.807) is 25.3 Å². The van der Waals surface area contributed by atoms with Crippen molar-refractivity contribution in [2.75, 3.05) is 0 Å². The van der Waals surface area contributed by atoms with Crippen LogP contribution in [0.25, 0.3) is 10.8 Å². The number of phenols is 1. The van der Waals surface area contributed by atoms with Gasteiger partial charge in [0, 0.05) is 21.6 Å². The Morgan fingerprint density at radius 3 is 2.78 bits per heavy atom. The van der Waals surface area contributed by atoms with Gasteiger partial charge in [-0.05, 0) is 40.4 Å². The van der Waals surface area contributed by atoms with E-state index in [1.165, 1.54) is 0 Å². The van der Waals surface area contributed by atoms with E-state index in [2.05, 4.69) is 31.4 Å². The number of nitrogens with one attached hydrogen (secondary N) is 2. The number of aromatic nitrogens is 1. The average Bonchev–Trinajstić information content (AvgIpc) is 2.99. The van der Waals surface area contributed by atoms with E-state index in [9.17, 15) is 9.90 Å². The fourth-order valence-electron chi connectivity index (χ4n) is 2.30. The Morgan fingerprint density at radius 2 is 2.04 bits per heavy atom. The molecular formula is C17H14BrN3O2. The minimum absolute atomic E-state index is 0.154. The third-order valence-electron chi connectivity index (χ3n) is 3.51. The van der Waals surface area contributed by atoms with Crippen LogP contribution in [0.3, 0.4) is 0 Å². The molecule has 0 atom stereocenters. The van der Waals surface area contributed by atoms with E-state index in [0.717, 1.165) is 15.2 Å². The number of phenolic OH excluding ortho intramolecular Hbond substituents is 1. The van der Waals surface area contributed by atoms with Crippen molar-refractivity contribution in [3.05, 3.63) is 64.4 Å². The molecule has 3 aromatic rings. The largest absolute Gasteiger partial charge is 0.507 e. The molecule has 1 aromatic heterocycles. The maximum absolute atomic E-state index is 12.0. The lowest BCUT2D eigenvalue weighted by atomic mass is 10.0. The number of hydrogen-bond acceptors (Lipinski definition) is 3. The monoisotopic (exact) mass is 371 g/mol. The summed E-state index contributed by atoms with van der Waals surface area (Å²) in [6.45, 7) is 1.73. The zero-order valence-corrected chi connectivity index (χ0v) is 13.9. The Balaban J connectivity index is 1.86. The number of amides is 1. The summed E-state index contributed by atoms with van der Waals surface area (Å²) < 4.78 is 0.788. The molecule has 0 saturated carbocycles. The Bertz CT molecular complexity index is 915. The number of benzene rings is 2. The summed E-state index contributed by atoms with van der Waals surface area (Å²) in [6.07, 6.45) is 1.67. The van der Waals surface area contributed by atoms with Crippen LogP contribution in [0.1, 0.15) is 23.0 Å². The predicted octanol–water partition coefficient (Wildman–Crippen LogP) is 3.79. The summed E-state index contributed by atoms with van der Waals surface area (Å²) in [4.78, 5) is 14.8. The van der Waals surface area contributed by atoms with Gasteiger partial charge in [0.15, 0.2) is 0 Å². The Labute approximate surface area is 141 Å². The number of H-pyrrole nitrogens is 1. The highest BCUT2D eigenvalue weighted by molar-refractivity contribution is 9.10. The molecule has 0 spiro atoms. The summed E-state index contributed by atoms with van der Waals surface area (Å²) in [5.74, 6) is -0.198. The van der Waals surface area contributed by atoms with Crippen molar-refractivity contribution in [3.8, 4) is 5.75 Å². The molecule has 116 valence electrons. The van der Waals surface area contributed by atoms with E-state index in [-0.39, 0.29) is 11.7 Å². The van der Waals surface area contributed by atoms with Crippen LogP contribution in [-0.4, -0.2) is 21.7 Å². The number of hydrazone groups is 1. The molecule has 0 fully saturated rings. The third-order valence-corrected chi connectivity index (χ3v) is 3.97. The Kier molecular flexibility index (Phi) is 4.16. The third kappa shape index (κ3) is 3.12. The molecule has 3 rings (SSSR count). The summed E-state index contributed by atoms with van der Waals surface area (Å²) in [5, 5.41) is 16.2. The van der Waals surface area contributed by atoms with Crippen LogP contribution in [0.5, 0.6) is 5.75 Å². The number of nitrogens with zero attached hydrogens (tertiary/aromatic N) is 1. The molecule has 0 aliphatic heterocycles. The molecule has 1 heterocycles. The van der Waals surface area contributed by atoms with Crippen LogP contribution in [0.4, 0.5) is 0 Å². The molecule has 0 radical (unpaired) electrons. The van der Waals surface area contributed by atoms with Crippen LogP contribution in [0.15, 0.2) is 58.2 Å². The number of carbonyl (C=O) groups excluding carboxylic acids is 1. The number of aromatic hydroxyl groups is 1. The maximum atomic E-state index is 12.0. The highest BCUT2D eigenvalue weighted by atomic mass is 79.9. The Hall–Kier alpha value is -2.60. The van der Waals surface area contributed by atoms with E-state index in [4.69, 9.17) is 0 Å². The van der Waals surface area contributed by atoms with Crippen LogP contribution in [0, 0.1) is 0 Å². The number of carbonyl (C=O) groups is 1. The van der Waals surface area contributed by atoms with Gasteiger partial charge in [0.1, 0.15) is 11.4 Å². The fraction of sp³-hybridized carbons (Fsp3) is 0.0588. The molecule has 0 saturated heterocycles. The summed E-state index contributed by atoms with van der Waals surface area (Å²) in [5.41, 5.74) is 3.97. The van der Waals surface area contributed by atoms with Crippen LogP contribution < -0.4 is 5.43 Å². The predicted molar refractivity (Wildman–Crippen MR) is 93.8 cm³/mol. The second-order valence-corrected chi connectivity index (χ2v) is 5.97. The lowest BCUT2D eigenvalue weighted by Crippen LogP contribution is -2.19. The van der Waals surface area contributed by atoms with Gasteiger partial charge in [-0.3, -0.25) is 4.79 Å². The number of aromatic amines is 1. The first-order valence-corrected chi connectivity index (χ1v) is 7.75. The first-order chi connectivity index (χ1) is 11.1. The molecule has 0 unspecified atom stereocenters. The summed E-state index contributed by atoms with van der Waals surface area (Å²) in [7, 11) is 0. The van der Waals surface area contributed by atoms with Crippen LogP contribution in [-0.2, 0) is 0 Å². The zero-order chi connectivity index (χ0) is 16.4. The standard InChI is InChI=1S/C17H14BrN3O2/c1-10(20-21-17(23)15-8-12(18)9-19-15)13-7-6-11-4-2-3-5-14(11)16(13)22/h2-9,19,22H,1H3,(H,21,23)/b20-10+. The van der Waals surface area contributed by atoms with Crippen LogP contribution in [0.2, 0.25) is 0 Å². The van der Waals surface area contributed by atoms with Crippen molar-refractivity contribution in [3.63, 3.8) is 0 Å². The lowest BCUT2D eigenvalue weighted by Gasteiger charge is -2.08. The van der Waals surface area contributed by atoms with Gasteiger partial charge < -0.3 is 10.1 Å². The van der Waals surface area contributed by atoms with Crippen molar-refractivity contribution in [2.45, 2.75) is 6.92 Å². The second kappa shape index (κ2) is 6.26. The molecular weight excluding hydrogens is 358 g/mol. The fourth-order valence-corrected chi connectivity index (χ4v) is 2.64. The zero-order valence-electron chi connectivity index (χ0n) is 12.3. The number of hydrogen-bond donors (Lipinski definition) is 3. The molecule has 0 aliphatic rings. The smallest absolute Gasteiger partial charge is 0.287 e. The van der Waals surface area contributed by atoms with E-state index >= 15 is 0 Å². The Morgan fingerprint density at radius 1 is 1.26 bits per heavy atom. The number of halogens is 1. The quantitative estimate of drug-likeness (QED) is 0.483. The topological polar surface area (TPSA) is 77.5 Å². The van der Waals surface area contributed by atoms with Gasteiger partial charge in [-0.25, -0.2) is 5.43 Å². The van der Waals surface area contributed by atoms with Crippen molar-refractivity contribution in [1.82, 2.24) is 10.4 Å². The SMILES string of the molecule is C/C(=N\NC(=O)c1cc(Br)c[nH]1)c1ccc2ccccc2c1O. The normalized spacial score (nSPS) is 11.7. The molecule has 0 aliphatic carbocycles. The van der Waals surface area contributed by atoms with Gasteiger partial charge in [0.2, 0.25) is 0 Å². The molecule has 6 heteroatoms. The van der Waals surface area contributed by atoms with E-state index in [1.807, 2.05) is 30.3 Å². The number of rotatable bonds is 3. The van der Waals surface area contributed by atoms with Gasteiger partial charge in [-0.1, -0.05) is 30.3 Å². The highest BCUT2D eigenvalue weighted by Gasteiger charge is 2.10.